The topological polar surface area (TPSA) is 66.8 Å². The molecule has 7 heteroatoms. The van der Waals surface area contributed by atoms with Crippen LogP contribution in [0.4, 0.5) is 0 Å². The molecule has 0 atom stereocenters. The SMILES string of the molecule is COc1ccccc1CN(CCO)S(=O)(=O)CCl. The Balaban J connectivity index is 2.97. The molecule has 5 nitrogen and oxygen atoms in total. The Hall–Kier alpha value is -0.820. The number of methoxy groups -OCH3 is 1. The van der Waals surface area contributed by atoms with Crippen LogP contribution in [0.1, 0.15) is 5.56 Å². The van der Waals surface area contributed by atoms with Crippen LogP contribution in [0.2, 0.25) is 0 Å². The van der Waals surface area contributed by atoms with Gasteiger partial charge >= 0.3 is 0 Å². The molecule has 0 unspecified atom stereocenters. The molecule has 0 fully saturated rings. The Morgan fingerprint density at radius 3 is 2.61 bits per heavy atom. The van der Waals surface area contributed by atoms with Crippen molar-refractivity contribution < 1.29 is 18.3 Å². The fourth-order valence-corrected chi connectivity index (χ4v) is 2.77. The van der Waals surface area contributed by atoms with Crippen molar-refractivity contribution in [3.63, 3.8) is 0 Å². The summed E-state index contributed by atoms with van der Waals surface area (Å²) < 4.78 is 29.8. The zero-order chi connectivity index (χ0) is 13.6. The van der Waals surface area contributed by atoms with Crippen molar-refractivity contribution in [3.8, 4) is 5.75 Å². The summed E-state index contributed by atoms with van der Waals surface area (Å²) in [7, 11) is -2.04. The molecular weight excluding hydrogens is 278 g/mol. The van der Waals surface area contributed by atoms with Crippen molar-refractivity contribution in [2.45, 2.75) is 6.54 Å². The van der Waals surface area contributed by atoms with E-state index in [0.717, 1.165) is 9.87 Å². The number of sulfonamides is 1. The van der Waals surface area contributed by atoms with Crippen LogP contribution in [0, 0.1) is 0 Å². The van der Waals surface area contributed by atoms with E-state index < -0.39 is 15.2 Å². The van der Waals surface area contributed by atoms with Crippen LogP contribution in [0.15, 0.2) is 24.3 Å². The Bertz CT molecular complexity index is 478. The van der Waals surface area contributed by atoms with E-state index in [9.17, 15) is 8.42 Å². The molecule has 0 radical (unpaired) electrons. The van der Waals surface area contributed by atoms with Gasteiger partial charge in [0.1, 0.15) is 11.0 Å². The molecule has 0 aliphatic heterocycles. The minimum absolute atomic E-state index is 0.00705. The van der Waals surface area contributed by atoms with Crippen LogP contribution in [0.25, 0.3) is 0 Å². The van der Waals surface area contributed by atoms with E-state index in [1.807, 2.05) is 0 Å². The molecule has 1 rings (SSSR count). The van der Waals surface area contributed by atoms with Gasteiger partial charge in [0.2, 0.25) is 10.0 Å². The molecule has 0 amide bonds. The van der Waals surface area contributed by atoms with Gasteiger partial charge in [0.15, 0.2) is 0 Å². The predicted molar refractivity (Wildman–Crippen MR) is 70.1 cm³/mol. The minimum Gasteiger partial charge on any atom is -0.496 e. The Morgan fingerprint density at radius 1 is 1.39 bits per heavy atom. The second-order valence-electron chi connectivity index (χ2n) is 3.59. The normalized spacial score (nSPS) is 11.8. The number of rotatable bonds is 7. The van der Waals surface area contributed by atoms with E-state index in [1.54, 1.807) is 24.3 Å². The number of aliphatic hydroxyl groups excluding tert-OH is 1. The van der Waals surface area contributed by atoms with E-state index in [-0.39, 0.29) is 19.7 Å². The maximum atomic E-state index is 11.7. The average Bonchev–Trinajstić information content (AvgIpc) is 2.38. The van der Waals surface area contributed by atoms with Crippen LogP contribution in [0.5, 0.6) is 5.75 Å². The molecule has 0 heterocycles. The van der Waals surface area contributed by atoms with Gasteiger partial charge in [-0.3, -0.25) is 0 Å². The van der Waals surface area contributed by atoms with Crippen LogP contribution in [-0.2, 0) is 16.6 Å². The summed E-state index contributed by atoms with van der Waals surface area (Å²) in [5, 5.41) is 8.41. The summed E-state index contributed by atoms with van der Waals surface area (Å²) in [5.74, 6) is 0.602. The summed E-state index contributed by atoms with van der Waals surface area (Å²) in [6.45, 7) is -0.127. The van der Waals surface area contributed by atoms with Crippen LogP contribution in [0.3, 0.4) is 0 Å². The molecule has 102 valence electrons. The lowest BCUT2D eigenvalue weighted by atomic mass is 10.2. The molecule has 1 aromatic carbocycles. The van der Waals surface area contributed by atoms with Gasteiger partial charge in [0.05, 0.1) is 13.7 Å². The van der Waals surface area contributed by atoms with Crippen molar-refractivity contribution >= 4 is 21.6 Å². The molecule has 1 N–H and O–H groups in total. The highest BCUT2D eigenvalue weighted by Gasteiger charge is 2.21. The van der Waals surface area contributed by atoms with Crippen LogP contribution in [-0.4, -0.2) is 43.3 Å². The third kappa shape index (κ3) is 3.84. The molecule has 1 aromatic rings. The van der Waals surface area contributed by atoms with Gasteiger partial charge in [-0.15, -0.1) is 11.6 Å². The number of benzene rings is 1. The monoisotopic (exact) mass is 293 g/mol. The highest BCUT2D eigenvalue weighted by molar-refractivity contribution is 7.90. The first-order chi connectivity index (χ1) is 8.55. The second kappa shape index (κ2) is 6.94. The minimum atomic E-state index is -3.56. The number of nitrogens with zero attached hydrogens (tertiary/aromatic N) is 1. The Labute approximate surface area is 112 Å². The first-order valence-electron chi connectivity index (χ1n) is 5.31. The van der Waals surface area contributed by atoms with Gasteiger partial charge in [-0.2, -0.15) is 4.31 Å². The van der Waals surface area contributed by atoms with Gasteiger partial charge in [-0.25, -0.2) is 8.42 Å². The van der Waals surface area contributed by atoms with Gasteiger partial charge in [-0.1, -0.05) is 18.2 Å². The van der Waals surface area contributed by atoms with Crippen molar-refractivity contribution in [1.29, 1.82) is 0 Å². The Kier molecular flexibility index (Phi) is 5.87. The average molecular weight is 294 g/mol. The maximum Gasteiger partial charge on any atom is 0.228 e. The number of aliphatic hydroxyl groups is 1. The fraction of sp³-hybridized carbons (Fsp3) is 0.455. The summed E-state index contributed by atoms with van der Waals surface area (Å²) in [5.41, 5.74) is 0.724. The van der Waals surface area contributed by atoms with E-state index >= 15 is 0 Å². The zero-order valence-corrected chi connectivity index (χ0v) is 11.6. The number of hydrogen-bond donors (Lipinski definition) is 1. The fourth-order valence-electron chi connectivity index (χ4n) is 1.52. The smallest absolute Gasteiger partial charge is 0.228 e. The second-order valence-corrected chi connectivity index (χ2v) is 6.14. The van der Waals surface area contributed by atoms with Gasteiger partial charge in [-0.05, 0) is 6.07 Å². The molecule has 0 bridgehead atoms. The summed E-state index contributed by atoms with van der Waals surface area (Å²) in [6.07, 6.45) is 0. The van der Waals surface area contributed by atoms with Crippen molar-refractivity contribution in [2.24, 2.45) is 0 Å². The number of alkyl halides is 1. The number of hydrogen-bond acceptors (Lipinski definition) is 4. The molecule has 0 aliphatic rings. The highest BCUT2D eigenvalue weighted by atomic mass is 35.5. The summed E-state index contributed by atoms with van der Waals surface area (Å²) >= 11 is 5.42. The van der Waals surface area contributed by atoms with Crippen LogP contribution >= 0.6 is 11.6 Å². The lowest BCUT2D eigenvalue weighted by Crippen LogP contribution is -2.33. The third-order valence-electron chi connectivity index (χ3n) is 2.42. The highest BCUT2D eigenvalue weighted by Crippen LogP contribution is 2.20. The molecule has 0 aromatic heterocycles. The first kappa shape index (κ1) is 15.2. The molecular formula is C11H16ClNO4S. The van der Waals surface area contributed by atoms with Gasteiger partial charge < -0.3 is 9.84 Å². The van der Waals surface area contributed by atoms with Crippen LogP contribution < -0.4 is 4.74 Å². The summed E-state index contributed by atoms with van der Waals surface area (Å²) in [6, 6.07) is 7.11. The molecule has 0 spiro atoms. The number of para-hydroxylation sites is 1. The zero-order valence-electron chi connectivity index (χ0n) is 10.0. The lowest BCUT2D eigenvalue weighted by molar-refractivity contribution is 0.250. The third-order valence-corrected chi connectivity index (χ3v) is 4.62. The van der Waals surface area contributed by atoms with E-state index in [1.165, 1.54) is 7.11 Å². The predicted octanol–water partition coefficient (Wildman–Crippen LogP) is 1.02. The first-order valence-corrected chi connectivity index (χ1v) is 7.46. The molecule has 18 heavy (non-hydrogen) atoms. The molecule has 0 aliphatic carbocycles. The van der Waals surface area contributed by atoms with Crippen molar-refractivity contribution in [3.05, 3.63) is 29.8 Å². The van der Waals surface area contributed by atoms with Gasteiger partial charge in [0.25, 0.3) is 0 Å². The Morgan fingerprint density at radius 2 is 2.06 bits per heavy atom. The van der Waals surface area contributed by atoms with Gasteiger partial charge in [0, 0.05) is 18.7 Å². The number of ether oxygens (including phenoxy) is 1. The van der Waals surface area contributed by atoms with E-state index in [2.05, 4.69) is 0 Å². The van der Waals surface area contributed by atoms with Crippen molar-refractivity contribution in [1.82, 2.24) is 4.31 Å². The summed E-state index contributed by atoms with van der Waals surface area (Å²) in [4.78, 5) is 0. The number of halogens is 1. The van der Waals surface area contributed by atoms with Crippen molar-refractivity contribution in [2.75, 3.05) is 25.5 Å². The molecule has 0 saturated carbocycles. The quantitative estimate of drug-likeness (QED) is 0.762. The molecule has 0 saturated heterocycles. The van der Waals surface area contributed by atoms with E-state index in [4.69, 9.17) is 21.4 Å². The largest absolute Gasteiger partial charge is 0.496 e. The van der Waals surface area contributed by atoms with E-state index in [0.29, 0.717) is 5.75 Å². The lowest BCUT2D eigenvalue weighted by Gasteiger charge is -2.21. The standard InChI is InChI=1S/C11H16ClNO4S/c1-17-11-5-3-2-4-10(11)8-13(6-7-14)18(15,16)9-12/h2-5,14H,6-9H2,1H3. The maximum absolute atomic E-state index is 11.7.